The minimum atomic E-state index is -0.0438. The van der Waals surface area contributed by atoms with Crippen LogP contribution in [0.3, 0.4) is 0 Å². The molecule has 0 heterocycles. The SMILES string of the molecule is COc1ccc2c(=O)c3ccc(O)cc3ccc2c1. The lowest BCUT2D eigenvalue weighted by molar-refractivity contribution is 0.415. The molecule has 0 fully saturated rings. The van der Waals surface area contributed by atoms with Crippen LogP contribution in [0, 0.1) is 0 Å². The van der Waals surface area contributed by atoms with Crippen LogP contribution in [0.2, 0.25) is 0 Å². The lowest BCUT2D eigenvalue weighted by atomic mass is 10.1. The smallest absolute Gasteiger partial charge is 0.194 e. The van der Waals surface area contributed by atoms with Gasteiger partial charge in [0.15, 0.2) is 5.43 Å². The minimum Gasteiger partial charge on any atom is -0.508 e. The summed E-state index contributed by atoms with van der Waals surface area (Å²) in [4.78, 5) is 12.5. The number of phenolic OH excluding ortho intramolecular Hbond substituents is 1. The first-order valence-corrected chi connectivity index (χ1v) is 5.93. The van der Waals surface area contributed by atoms with Crippen molar-refractivity contribution in [3.05, 3.63) is 58.8 Å². The third-order valence-corrected chi connectivity index (χ3v) is 3.23. The van der Waals surface area contributed by atoms with Gasteiger partial charge in [-0.15, -0.1) is 0 Å². The van der Waals surface area contributed by atoms with Crippen LogP contribution in [0.1, 0.15) is 0 Å². The molecule has 0 unspecified atom stereocenters. The summed E-state index contributed by atoms with van der Waals surface area (Å²) in [6, 6.07) is 13.8. The van der Waals surface area contributed by atoms with Crippen LogP contribution in [0.25, 0.3) is 21.5 Å². The Balaban J connectivity index is 2.51. The lowest BCUT2D eigenvalue weighted by Crippen LogP contribution is -1.98. The van der Waals surface area contributed by atoms with Gasteiger partial charge in [0.1, 0.15) is 11.5 Å². The first kappa shape index (κ1) is 11.5. The van der Waals surface area contributed by atoms with Gasteiger partial charge in [-0.1, -0.05) is 12.1 Å². The van der Waals surface area contributed by atoms with Crippen LogP contribution < -0.4 is 10.2 Å². The van der Waals surface area contributed by atoms with Crippen molar-refractivity contribution in [3.8, 4) is 11.5 Å². The highest BCUT2D eigenvalue weighted by Crippen LogP contribution is 2.22. The van der Waals surface area contributed by atoms with Crippen LogP contribution in [-0.2, 0) is 0 Å². The topological polar surface area (TPSA) is 46.5 Å². The van der Waals surface area contributed by atoms with Crippen molar-refractivity contribution < 1.29 is 9.84 Å². The van der Waals surface area contributed by atoms with Gasteiger partial charge in [-0.2, -0.15) is 0 Å². The van der Waals surface area contributed by atoms with E-state index in [1.165, 1.54) is 6.07 Å². The summed E-state index contributed by atoms with van der Waals surface area (Å²) in [5.74, 6) is 0.866. The number of hydrogen-bond acceptors (Lipinski definition) is 3. The van der Waals surface area contributed by atoms with Crippen LogP contribution >= 0.6 is 0 Å². The molecule has 0 spiro atoms. The molecule has 3 aromatic carbocycles. The summed E-state index contributed by atoms with van der Waals surface area (Å²) in [7, 11) is 1.59. The first-order chi connectivity index (χ1) is 9.19. The fourth-order valence-electron chi connectivity index (χ4n) is 2.23. The third kappa shape index (κ3) is 1.89. The molecule has 3 heteroatoms. The van der Waals surface area contributed by atoms with Crippen LogP contribution in [0.15, 0.2) is 53.3 Å². The quantitative estimate of drug-likeness (QED) is 0.724. The average molecular weight is 252 g/mol. The Hall–Kier alpha value is -2.55. The lowest BCUT2D eigenvalue weighted by Gasteiger charge is -1.99. The van der Waals surface area contributed by atoms with Gasteiger partial charge in [-0.3, -0.25) is 4.79 Å². The highest BCUT2D eigenvalue weighted by atomic mass is 16.5. The summed E-state index contributed by atoms with van der Waals surface area (Å²) in [6.45, 7) is 0. The number of methoxy groups -OCH3 is 1. The Morgan fingerprint density at radius 1 is 0.895 bits per heavy atom. The Labute approximate surface area is 109 Å². The maximum Gasteiger partial charge on any atom is 0.194 e. The van der Waals surface area contributed by atoms with E-state index in [0.29, 0.717) is 16.5 Å². The predicted molar refractivity (Wildman–Crippen MR) is 75.9 cm³/mol. The van der Waals surface area contributed by atoms with Crippen molar-refractivity contribution in [2.75, 3.05) is 7.11 Å². The fourth-order valence-corrected chi connectivity index (χ4v) is 2.23. The van der Waals surface area contributed by atoms with Crippen LogP contribution in [0.4, 0.5) is 0 Å². The highest BCUT2D eigenvalue weighted by molar-refractivity contribution is 5.94. The second-order valence-electron chi connectivity index (χ2n) is 4.39. The second-order valence-corrected chi connectivity index (χ2v) is 4.39. The number of ether oxygens (including phenoxy) is 1. The van der Waals surface area contributed by atoms with Crippen molar-refractivity contribution in [1.29, 1.82) is 0 Å². The molecule has 3 rings (SSSR count). The molecular formula is C16H12O3. The normalized spacial score (nSPS) is 10.8. The molecule has 0 atom stereocenters. The van der Waals surface area contributed by atoms with E-state index in [1.807, 2.05) is 18.2 Å². The number of aromatic hydroxyl groups is 1. The van der Waals surface area contributed by atoms with E-state index in [2.05, 4.69) is 0 Å². The molecule has 0 saturated heterocycles. The molecule has 0 radical (unpaired) electrons. The number of fused-ring (bicyclic) bond motifs is 2. The van der Waals surface area contributed by atoms with Crippen molar-refractivity contribution in [2.24, 2.45) is 0 Å². The van der Waals surface area contributed by atoms with Crippen molar-refractivity contribution in [2.45, 2.75) is 0 Å². The minimum absolute atomic E-state index is 0.0438. The van der Waals surface area contributed by atoms with Gasteiger partial charge in [-0.05, 0) is 47.2 Å². The van der Waals surface area contributed by atoms with E-state index in [4.69, 9.17) is 4.74 Å². The number of phenols is 1. The molecule has 19 heavy (non-hydrogen) atoms. The molecule has 0 amide bonds. The standard InChI is InChI=1S/C16H12O3/c1-19-13-5-7-15-11(9-13)3-2-10-8-12(17)4-6-14(10)16(15)18/h2-9,17H,1H3. The van der Waals surface area contributed by atoms with Crippen molar-refractivity contribution in [1.82, 2.24) is 0 Å². The van der Waals surface area contributed by atoms with Gasteiger partial charge in [0.25, 0.3) is 0 Å². The van der Waals surface area contributed by atoms with E-state index in [-0.39, 0.29) is 11.2 Å². The van der Waals surface area contributed by atoms with Gasteiger partial charge in [0.2, 0.25) is 0 Å². The maximum absolute atomic E-state index is 12.5. The summed E-state index contributed by atoms with van der Waals surface area (Å²) < 4.78 is 5.17. The van der Waals surface area contributed by atoms with Gasteiger partial charge >= 0.3 is 0 Å². The van der Waals surface area contributed by atoms with Gasteiger partial charge in [-0.25, -0.2) is 0 Å². The highest BCUT2D eigenvalue weighted by Gasteiger charge is 2.04. The van der Waals surface area contributed by atoms with Crippen LogP contribution in [0.5, 0.6) is 11.5 Å². The zero-order valence-corrected chi connectivity index (χ0v) is 10.4. The predicted octanol–water partition coefficient (Wildman–Crippen LogP) is 3.07. The third-order valence-electron chi connectivity index (χ3n) is 3.23. The number of rotatable bonds is 1. The van der Waals surface area contributed by atoms with Gasteiger partial charge in [0, 0.05) is 10.8 Å². The molecule has 0 aliphatic heterocycles. The molecule has 3 nitrogen and oxygen atoms in total. The number of hydrogen-bond donors (Lipinski definition) is 1. The molecule has 0 saturated carbocycles. The van der Waals surface area contributed by atoms with E-state index >= 15 is 0 Å². The molecular weight excluding hydrogens is 240 g/mol. The van der Waals surface area contributed by atoms with Crippen molar-refractivity contribution >= 4 is 21.5 Å². The average Bonchev–Trinajstić information content (AvgIpc) is 2.56. The number of benzene rings is 2. The zero-order valence-electron chi connectivity index (χ0n) is 10.4. The largest absolute Gasteiger partial charge is 0.508 e. The van der Waals surface area contributed by atoms with E-state index in [0.717, 1.165) is 10.8 Å². The summed E-state index contributed by atoms with van der Waals surface area (Å²) in [5.41, 5.74) is -0.0438. The molecule has 0 bridgehead atoms. The molecule has 3 aromatic rings. The zero-order chi connectivity index (χ0) is 13.4. The molecule has 0 aliphatic carbocycles. The first-order valence-electron chi connectivity index (χ1n) is 5.93. The summed E-state index contributed by atoms with van der Waals surface area (Å²) in [5, 5.41) is 12.3. The molecule has 0 aromatic heterocycles. The van der Waals surface area contributed by atoms with Gasteiger partial charge < -0.3 is 9.84 Å². The van der Waals surface area contributed by atoms with Gasteiger partial charge in [0.05, 0.1) is 7.11 Å². The van der Waals surface area contributed by atoms with Crippen molar-refractivity contribution in [3.63, 3.8) is 0 Å². The monoisotopic (exact) mass is 252 g/mol. The second kappa shape index (κ2) is 4.28. The summed E-state index contributed by atoms with van der Waals surface area (Å²) in [6.07, 6.45) is 0. The molecule has 0 aliphatic rings. The van der Waals surface area contributed by atoms with E-state index in [9.17, 15) is 9.90 Å². The van der Waals surface area contributed by atoms with Crippen LogP contribution in [-0.4, -0.2) is 12.2 Å². The maximum atomic E-state index is 12.5. The Morgan fingerprint density at radius 2 is 1.53 bits per heavy atom. The Bertz CT molecular complexity index is 838. The Morgan fingerprint density at radius 3 is 2.21 bits per heavy atom. The Kier molecular flexibility index (Phi) is 2.60. The molecule has 1 N–H and O–H groups in total. The fraction of sp³-hybridized carbons (Fsp3) is 0.0625. The molecule has 94 valence electrons. The van der Waals surface area contributed by atoms with E-state index in [1.54, 1.807) is 31.4 Å². The van der Waals surface area contributed by atoms with E-state index < -0.39 is 0 Å². The summed E-state index contributed by atoms with van der Waals surface area (Å²) >= 11 is 0.